The molecule has 0 saturated heterocycles. The number of imidazole rings is 1. The van der Waals surface area contributed by atoms with Crippen LogP contribution in [0.25, 0.3) is 0 Å². The van der Waals surface area contributed by atoms with E-state index in [0.717, 1.165) is 25.3 Å². The van der Waals surface area contributed by atoms with Crippen LogP contribution in [-0.4, -0.2) is 26.5 Å². The van der Waals surface area contributed by atoms with Crippen molar-refractivity contribution in [2.24, 2.45) is 0 Å². The van der Waals surface area contributed by atoms with Gasteiger partial charge in [0.1, 0.15) is 5.82 Å². The van der Waals surface area contributed by atoms with Crippen molar-refractivity contribution in [3.8, 4) is 0 Å². The van der Waals surface area contributed by atoms with Gasteiger partial charge in [-0.1, -0.05) is 6.92 Å². The fourth-order valence-electron chi connectivity index (χ4n) is 2.19. The molecule has 0 radical (unpaired) electrons. The molecule has 0 spiro atoms. The number of aromatic nitrogens is 3. The molecule has 19 heavy (non-hydrogen) atoms. The maximum absolute atomic E-state index is 4.46. The molecule has 0 aromatic carbocycles. The van der Waals surface area contributed by atoms with Gasteiger partial charge in [-0.2, -0.15) is 0 Å². The zero-order valence-electron chi connectivity index (χ0n) is 12.0. The quantitative estimate of drug-likeness (QED) is 0.799. The topological polar surface area (TPSA) is 34.0 Å². The third-order valence-electron chi connectivity index (χ3n) is 3.51. The van der Waals surface area contributed by atoms with Crippen molar-refractivity contribution in [2.75, 3.05) is 7.05 Å². The Balaban J connectivity index is 2.04. The summed E-state index contributed by atoms with van der Waals surface area (Å²) in [5, 5.41) is 0. The highest BCUT2D eigenvalue weighted by atomic mass is 15.2. The van der Waals surface area contributed by atoms with Crippen LogP contribution in [0.4, 0.5) is 0 Å². The summed E-state index contributed by atoms with van der Waals surface area (Å²) in [5.74, 6) is 1.13. The normalized spacial score (nSPS) is 12.8. The van der Waals surface area contributed by atoms with Gasteiger partial charge in [0.2, 0.25) is 0 Å². The van der Waals surface area contributed by atoms with Gasteiger partial charge >= 0.3 is 0 Å². The van der Waals surface area contributed by atoms with E-state index < -0.39 is 0 Å². The van der Waals surface area contributed by atoms with E-state index in [0.29, 0.717) is 6.04 Å². The summed E-state index contributed by atoms with van der Waals surface area (Å²) in [6.45, 7) is 6.29. The maximum Gasteiger partial charge on any atom is 0.122 e. The second kappa shape index (κ2) is 6.48. The first-order valence-corrected chi connectivity index (χ1v) is 6.82. The molecule has 0 aliphatic rings. The summed E-state index contributed by atoms with van der Waals surface area (Å²) in [5.41, 5.74) is 1.28. The molecule has 0 N–H and O–H groups in total. The number of nitrogens with zero attached hydrogens (tertiary/aromatic N) is 4. The van der Waals surface area contributed by atoms with Crippen LogP contribution in [0.1, 0.15) is 37.7 Å². The van der Waals surface area contributed by atoms with Crippen LogP contribution in [-0.2, 0) is 13.1 Å². The SMILES string of the molecule is CCCn1ccnc1CN(C)[C@@H](C)c1ccncc1. The van der Waals surface area contributed by atoms with E-state index in [4.69, 9.17) is 0 Å². The standard InChI is InChI=1S/C15H22N4/c1-4-10-19-11-9-17-15(19)12-18(3)13(2)14-5-7-16-8-6-14/h5-9,11,13H,4,10,12H2,1-3H3/t13-/m0/s1. The molecule has 0 fully saturated rings. The van der Waals surface area contributed by atoms with Gasteiger partial charge in [-0.3, -0.25) is 9.88 Å². The molecule has 2 heterocycles. The van der Waals surface area contributed by atoms with Gasteiger partial charge in [-0.15, -0.1) is 0 Å². The van der Waals surface area contributed by atoms with E-state index in [9.17, 15) is 0 Å². The van der Waals surface area contributed by atoms with E-state index in [1.54, 1.807) is 0 Å². The van der Waals surface area contributed by atoms with E-state index in [1.807, 2.05) is 18.6 Å². The predicted octanol–water partition coefficient (Wildman–Crippen LogP) is 2.88. The third-order valence-corrected chi connectivity index (χ3v) is 3.51. The number of hydrogen-bond acceptors (Lipinski definition) is 3. The molecule has 0 saturated carbocycles. The van der Waals surface area contributed by atoms with Crippen LogP contribution in [0.2, 0.25) is 0 Å². The Hall–Kier alpha value is -1.68. The molecule has 1 atom stereocenters. The molecule has 102 valence electrons. The lowest BCUT2D eigenvalue weighted by atomic mass is 10.1. The summed E-state index contributed by atoms with van der Waals surface area (Å²) in [6.07, 6.45) is 8.77. The molecule has 2 rings (SSSR count). The number of rotatable bonds is 6. The first kappa shape index (κ1) is 13.7. The van der Waals surface area contributed by atoms with Crippen LogP contribution in [0.3, 0.4) is 0 Å². The maximum atomic E-state index is 4.46. The third kappa shape index (κ3) is 3.41. The Morgan fingerprint density at radius 1 is 1.26 bits per heavy atom. The summed E-state index contributed by atoms with van der Waals surface area (Å²) in [6, 6.07) is 4.49. The van der Waals surface area contributed by atoms with E-state index in [1.165, 1.54) is 5.56 Å². The van der Waals surface area contributed by atoms with Crippen LogP contribution in [0.5, 0.6) is 0 Å². The fourth-order valence-corrected chi connectivity index (χ4v) is 2.19. The summed E-state index contributed by atoms with van der Waals surface area (Å²) >= 11 is 0. The van der Waals surface area contributed by atoms with E-state index in [-0.39, 0.29) is 0 Å². The average Bonchev–Trinajstić information content (AvgIpc) is 2.86. The lowest BCUT2D eigenvalue weighted by Crippen LogP contribution is -2.24. The van der Waals surface area contributed by atoms with Gasteiger partial charge in [-0.05, 0) is 38.1 Å². The zero-order chi connectivity index (χ0) is 13.7. The van der Waals surface area contributed by atoms with Crippen molar-refractivity contribution in [1.82, 2.24) is 19.4 Å². The van der Waals surface area contributed by atoms with Crippen molar-refractivity contribution in [3.63, 3.8) is 0 Å². The van der Waals surface area contributed by atoms with Crippen LogP contribution in [0.15, 0.2) is 36.9 Å². The lowest BCUT2D eigenvalue weighted by molar-refractivity contribution is 0.243. The first-order chi connectivity index (χ1) is 9.22. The molecule has 2 aromatic rings. The zero-order valence-corrected chi connectivity index (χ0v) is 12.0. The Kier molecular flexibility index (Phi) is 4.68. The van der Waals surface area contributed by atoms with Gasteiger partial charge in [0.25, 0.3) is 0 Å². The Bertz CT molecular complexity index is 492. The highest BCUT2D eigenvalue weighted by Gasteiger charge is 2.14. The van der Waals surface area contributed by atoms with Crippen LogP contribution < -0.4 is 0 Å². The van der Waals surface area contributed by atoms with Crippen molar-refractivity contribution in [3.05, 3.63) is 48.3 Å². The minimum Gasteiger partial charge on any atom is -0.334 e. The second-order valence-corrected chi connectivity index (χ2v) is 4.91. The smallest absolute Gasteiger partial charge is 0.122 e. The van der Waals surface area contributed by atoms with Crippen molar-refractivity contribution >= 4 is 0 Å². The van der Waals surface area contributed by atoms with Crippen molar-refractivity contribution < 1.29 is 0 Å². The van der Waals surface area contributed by atoms with E-state index in [2.05, 4.69) is 58.7 Å². The van der Waals surface area contributed by atoms with Crippen molar-refractivity contribution in [2.45, 2.75) is 39.4 Å². The second-order valence-electron chi connectivity index (χ2n) is 4.91. The van der Waals surface area contributed by atoms with Gasteiger partial charge < -0.3 is 4.57 Å². The van der Waals surface area contributed by atoms with Gasteiger partial charge in [0, 0.05) is 37.4 Å². The van der Waals surface area contributed by atoms with Gasteiger partial charge in [0.15, 0.2) is 0 Å². The average molecular weight is 258 g/mol. The molecule has 0 bridgehead atoms. The minimum absolute atomic E-state index is 0.356. The number of hydrogen-bond donors (Lipinski definition) is 0. The minimum atomic E-state index is 0.356. The molecule has 4 nitrogen and oxygen atoms in total. The molecule has 0 unspecified atom stereocenters. The molecular formula is C15H22N4. The molecule has 0 amide bonds. The largest absolute Gasteiger partial charge is 0.334 e. The highest BCUT2D eigenvalue weighted by molar-refractivity contribution is 5.14. The lowest BCUT2D eigenvalue weighted by Gasteiger charge is -2.24. The summed E-state index contributed by atoms with van der Waals surface area (Å²) in [7, 11) is 2.13. The van der Waals surface area contributed by atoms with Gasteiger partial charge in [-0.25, -0.2) is 4.98 Å². The van der Waals surface area contributed by atoms with Crippen LogP contribution >= 0.6 is 0 Å². The number of aryl methyl sites for hydroxylation is 1. The molecule has 2 aromatic heterocycles. The molecule has 4 heteroatoms. The first-order valence-electron chi connectivity index (χ1n) is 6.82. The Morgan fingerprint density at radius 3 is 2.68 bits per heavy atom. The van der Waals surface area contributed by atoms with Crippen LogP contribution in [0, 0.1) is 0 Å². The van der Waals surface area contributed by atoms with Crippen molar-refractivity contribution in [1.29, 1.82) is 0 Å². The Labute approximate surface area is 115 Å². The molecule has 0 aliphatic heterocycles. The Morgan fingerprint density at radius 2 is 2.00 bits per heavy atom. The monoisotopic (exact) mass is 258 g/mol. The summed E-state index contributed by atoms with van der Waals surface area (Å²) in [4.78, 5) is 10.8. The highest BCUT2D eigenvalue weighted by Crippen LogP contribution is 2.19. The number of pyridine rings is 1. The van der Waals surface area contributed by atoms with E-state index >= 15 is 0 Å². The summed E-state index contributed by atoms with van der Waals surface area (Å²) < 4.78 is 2.23. The molecule has 0 aliphatic carbocycles. The fraction of sp³-hybridized carbons (Fsp3) is 0.467. The predicted molar refractivity (Wildman–Crippen MR) is 76.6 cm³/mol. The van der Waals surface area contributed by atoms with Gasteiger partial charge in [0.05, 0.1) is 6.54 Å². The molecular weight excluding hydrogens is 236 g/mol.